The number of benzene rings is 1. The molecule has 116 valence electrons. The number of likely N-dealkylation sites (tertiary alicyclic amines) is 1. The first-order chi connectivity index (χ1) is 10.5. The lowest BCUT2D eigenvalue weighted by molar-refractivity contribution is -0.140. The van der Waals surface area contributed by atoms with Crippen LogP contribution in [0.3, 0.4) is 0 Å². The number of carbonyl (C=O) groups is 2. The summed E-state index contributed by atoms with van der Waals surface area (Å²) < 4.78 is 18.4. The molecule has 2 N–H and O–H groups in total. The van der Waals surface area contributed by atoms with Crippen molar-refractivity contribution in [1.82, 2.24) is 15.1 Å². The Morgan fingerprint density at radius 1 is 1.36 bits per heavy atom. The molecule has 8 heteroatoms. The highest BCUT2D eigenvalue weighted by molar-refractivity contribution is 5.87. The monoisotopic (exact) mass is 307 g/mol. The van der Waals surface area contributed by atoms with Crippen LogP contribution in [-0.2, 0) is 4.79 Å². The van der Waals surface area contributed by atoms with E-state index in [2.05, 4.69) is 10.2 Å². The molecule has 1 aliphatic rings. The first-order valence-electron chi connectivity index (χ1n) is 6.88. The third kappa shape index (κ3) is 2.72. The number of rotatable bonds is 2. The van der Waals surface area contributed by atoms with E-state index in [1.165, 1.54) is 23.1 Å². The maximum absolute atomic E-state index is 13.1. The number of halogens is 1. The van der Waals surface area contributed by atoms with Crippen molar-refractivity contribution in [3.8, 4) is 5.88 Å². The van der Waals surface area contributed by atoms with Crippen molar-refractivity contribution in [3.05, 3.63) is 24.0 Å². The summed E-state index contributed by atoms with van der Waals surface area (Å²) in [6.45, 7) is 0.614. The van der Waals surface area contributed by atoms with E-state index in [1.807, 2.05) is 0 Å². The topological polar surface area (TPSA) is 95.5 Å². The van der Waals surface area contributed by atoms with Crippen molar-refractivity contribution < 1.29 is 23.8 Å². The van der Waals surface area contributed by atoms with Gasteiger partial charge in [-0.3, -0.25) is 9.89 Å². The Labute approximate surface area is 124 Å². The molecule has 0 aliphatic carbocycles. The number of aromatic amines is 1. The van der Waals surface area contributed by atoms with E-state index in [-0.39, 0.29) is 11.8 Å². The number of amides is 1. The molecule has 1 fully saturated rings. The lowest BCUT2D eigenvalue weighted by Crippen LogP contribution is -2.40. The van der Waals surface area contributed by atoms with Crippen molar-refractivity contribution >= 4 is 23.0 Å². The Morgan fingerprint density at radius 3 is 2.77 bits per heavy atom. The summed E-state index contributed by atoms with van der Waals surface area (Å²) in [5, 5.41) is 15.9. The Bertz CT molecular complexity index is 722. The van der Waals surface area contributed by atoms with Crippen molar-refractivity contribution in [2.24, 2.45) is 5.92 Å². The van der Waals surface area contributed by atoms with Crippen LogP contribution in [0, 0.1) is 11.7 Å². The summed E-state index contributed by atoms with van der Waals surface area (Å²) in [5.74, 6) is -1.10. The lowest BCUT2D eigenvalue weighted by Gasteiger charge is -2.28. The molecule has 7 nitrogen and oxygen atoms in total. The van der Waals surface area contributed by atoms with Gasteiger partial charge in [-0.1, -0.05) is 0 Å². The zero-order valence-electron chi connectivity index (χ0n) is 11.6. The zero-order valence-corrected chi connectivity index (χ0v) is 11.6. The van der Waals surface area contributed by atoms with Crippen LogP contribution in [0.5, 0.6) is 5.88 Å². The molecule has 22 heavy (non-hydrogen) atoms. The molecule has 0 atom stereocenters. The smallest absolute Gasteiger partial charge is 0.407 e. The number of hydrogen-bond donors (Lipinski definition) is 2. The van der Waals surface area contributed by atoms with Gasteiger partial charge in [0.05, 0.1) is 16.8 Å². The molecule has 0 radical (unpaired) electrons. The summed E-state index contributed by atoms with van der Waals surface area (Å²) >= 11 is 0. The molecule has 2 aromatic rings. The fourth-order valence-electron chi connectivity index (χ4n) is 2.53. The van der Waals surface area contributed by atoms with Crippen LogP contribution in [0.4, 0.5) is 9.18 Å². The Morgan fingerprint density at radius 2 is 2.09 bits per heavy atom. The molecule has 0 saturated carbocycles. The number of ether oxygens (including phenoxy) is 1. The summed E-state index contributed by atoms with van der Waals surface area (Å²) in [5.41, 5.74) is 0.448. The third-order valence-electron chi connectivity index (χ3n) is 3.79. The fourth-order valence-corrected chi connectivity index (χ4v) is 2.53. The maximum atomic E-state index is 13.1. The minimum absolute atomic E-state index is 0.112. The van der Waals surface area contributed by atoms with Crippen LogP contribution in [0.25, 0.3) is 10.9 Å². The van der Waals surface area contributed by atoms with Crippen molar-refractivity contribution in [1.29, 1.82) is 0 Å². The van der Waals surface area contributed by atoms with Crippen LogP contribution < -0.4 is 4.74 Å². The van der Waals surface area contributed by atoms with Gasteiger partial charge in [0.2, 0.25) is 5.88 Å². The maximum Gasteiger partial charge on any atom is 0.407 e. The normalized spacial score (nSPS) is 16.0. The molecule has 1 aromatic carbocycles. The first kappa shape index (κ1) is 14.3. The molecule has 0 bridgehead atoms. The predicted octanol–water partition coefficient (Wildman–Crippen LogP) is 2.00. The second-order valence-corrected chi connectivity index (χ2v) is 5.18. The number of hydrogen-bond acceptors (Lipinski definition) is 4. The third-order valence-corrected chi connectivity index (χ3v) is 3.79. The zero-order chi connectivity index (χ0) is 15.7. The van der Waals surface area contributed by atoms with Gasteiger partial charge in [0.1, 0.15) is 5.82 Å². The highest BCUT2D eigenvalue weighted by atomic mass is 19.1. The summed E-state index contributed by atoms with van der Waals surface area (Å²) in [7, 11) is 0. The van der Waals surface area contributed by atoms with E-state index in [9.17, 15) is 14.0 Å². The van der Waals surface area contributed by atoms with Gasteiger partial charge >= 0.3 is 12.1 Å². The van der Waals surface area contributed by atoms with Gasteiger partial charge in [0, 0.05) is 13.1 Å². The molecule has 3 rings (SSSR count). The van der Waals surface area contributed by atoms with Crippen LogP contribution in [0.2, 0.25) is 0 Å². The van der Waals surface area contributed by atoms with Crippen LogP contribution in [0.15, 0.2) is 18.2 Å². The van der Waals surface area contributed by atoms with Gasteiger partial charge in [-0.05, 0) is 31.0 Å². The van der Waals surface area contributed by atoms with Crippen LogP contribution >= 0.6 is 0 Å². The van der Waals surface area contributed by atoms with E-state index in [4.69, 9.17) is 9.84 Å². The van der Waals surface area contributed by atoms with Gasteiger partial charge in [0.25, 0.3) is 0 Å². The Hall–Kier alpha value is -2.64. The number of fused-ring (bicyclic) bond motifs is 1. The van der Waals surface area contributed by atoms with Gasteiger partial charge in [-0.2, -0.15) is 0 Å². The van der Waals surface area contributed by atoms with Crippen LogP contribution in [-0.4, -0.2) is 45.4 Å². The number of aromatic nitrogens is 2. The van der Waals surface area contributed by atoms with Gasteiger partial charge in [0.15, 0.2) is 0 Å². The number of esters is 1. The van der Waals surface area contributed by atoms with Crippen LogP contribution in [0.1, 0.15) is 12.8 Å². The van der Waals surface area contributed by atoms with Crippen molar-refractivity contribution in [2.45, 2.75) is 12.8 Å². The van der Waals surface area contributed by atoms with E-state index in [0.29, 0.717) is 36.8 Å². The molecular formula is C14H14FN3O4. The number of nitrogens with zero attached hydrogens (tertiary/aromatic N) is 2. The molecular weight excluding hydrogens is 293 g/mol. The van der Waals surface area contributed by atoms with E-state index in [0.717, 1.165) is 0 Å². The summed E-state index contributed by atoms with van der Waals surface area (Å²) in [6, 6.07) is 4.02. The minimum Gasteiger partial charge on any atom is -0.465 e. The molecule has 0 unspecified atom stereocenters. The molecule has 2 heterocycles. The van der Waals surface area contributed by atoms with Crippen molar-refractivity contribution in [3.63, 3.8) is 0 Å². The molecule has 1 aromatic heterocycles. The Kier molecular flexibility index (Phi) is 3.66. The van der Waals surface area contributed by atoms with Gasteiger partial charge in [-0.15, -0.1) is 5.10 Å². The van der Waals surface area contributed by atoms with Crippen molar-refractivity contribution in [2.75, 3.05) is 13.1 Å². The average Bonchev–Trinajstić information content (AvgIpc) is 2.89. The lowest BCUT2D eigenvalue weighted by atomic mass is 9.97. The standard InChI is InChI=1S/C14H14FN3O4/c15-9-1-2-10-11(7-9)16-17-12(10)22-13(19)8-3-5-18(6-4-8)14(20)21/h1-2,7-8H,3-6H2,(H,16,17)(H,20,21). The molecule has 1 saturated heterocycles. The summed E-state index contributed by atoms with van der Waals surface area (Å²) in [6.07, 6.45) is -0.142. The number of carbonyl (C=O) groups excluding carboxylic acids is 1. The van der Waals surface area contributed by atoms with Gasteiger partial charge < -0.3 is 14.7 Å². The Balaban J connectivity index is 1.68. The highest BCUT2D eigenvalue weighted by Crippen LogP contribution is 2.25. The molecule has 0 spiro atoms. The van der Waals surface area contributed by atoms with E-state index < -0.39 is 17.9 Å². The number of piperidine rings is 1. The fraction of sp³-hybridized carbons (Fsp3) is 0.357. The van der Waals surface area contributed by atoms with Gasteiger partial charge in [-0.25, -0.2) is 9.18 Å². The number of carboxylic acid groups (broad SMARTS) is 1. The largest absolute Gasteiger partial charge is 0.465 e. The minimum atomic E-state index is -0.980. The first-order valence-corrected chi connectivity index (χ1v) is 6.88. The number of nitrogens with one attached hydrogen (secondary N) is 1. The second kappa shape index (κ2) is 5.63. The average molecular weight is 307 g/mol. The summed E-state index contributed by atoms with van der Waals surface area (Å²) in [4.78, 5) is 24.2. The number of H-pyrrole nitrogens is 1. The SMILES string of the molecule is O=C(Oc1n[nH]c2cc(F)ccc12)C1CCN(C(=O)O)CC1. The van der Waals surface area contributed by atoms with E-state index >= 15 is 0 Å². The molecule has 1 aliphatic heterocycles. The van der Waals surface area contributed by atoms with E-state index in [1.54, 1.807) is 0 Å². The second-order valence-electron chi connectivity index (χ2n) is 5.18. The highest BCUT2D eigenvalue weighted by Gasteiger charge is 2.29. The predicted molar refractivity (Wildman–Crippen MR) is 74.0 cm³/mol. The molecule has 1 amide bonds. The quantitative estimate of drug-likeness (QED) is 0.827.